The Morgan fingerprint density at radius 1 is 0.639 bits per heavy atom. The highest BCUT2D eigenvalue weighted by atomic mass is 32.5. The van der Waals surface area contributed by atoms with E-state index >= 15 is 0 Å². The molecule has 0 heterocycles. The summed E-state index contributed by atoms with van der Waals surface area (Å²) in [5.41, 5.74) is 0. The minimum absolute atomic E-state index is 0.0227. The molecule has 4 nitrogen and oxygen atoms in total. The molecule has 0 aromatic heterocycles. The Balaban J connectivity index is 3.23. The summed E-state index contributed by atoms with van der Waals surface area (Å²) in [7, 11) is 0. The topological polar surface area (TPSA) is 66.8 Å². The van der Waals surface area contributed by atoms with Crippen molar-refractivity contribution in [2.75, 3.05) is 12.8 Å². The van der Waals surface area contributed by atoms with Crippen molar-refractivity contribution in [3.8, 4) is 0 Å². The van der Waals surface area contributed by atoms with Crippen molar-refractivity contribution < 1.29 is 19.3 Å². The normalized spacial score (nSPS) is 12.0. The van der Waals surface area contributed by atoms with Crippen LogP contribution < -0.4 is 0 Å². The highest BCUT2D eigenvalue weighted by Gasteiger charge is 2.05. The molecule has 0 saturated carbocycles. The van der Waals surface area contributed by atoms with E-state index in [1.54, 1.807) is 0 Å². The van der Waals surface area contributed by atoms with Gasteiger partial charge >= 0.3 is 5.97 Å². The van der Waals surface area contributed by atoms with Gasteiger partial charge in [-0.05, 0) is 56.8 Å². The van der Waals surface area contributed by atoms with Crippen LogP contribution in [0.4, 0.5) is 0 Å². The van der Waals surface area contributed by atoms with Crippen LogP contribution >= 0.6 is 6.49 Å². The average molecular weight is 547 g/mol. The Hall–Kier alpha value is -0.220. The van der Waals surface area contributed by atoms with E-state index in [1.165, 1.54) is 103 Å². The third-order valence-electron chi connectivity index (χ3n) is 6.75. The number of carbonyl (C=O) groups excluding carboxylic acids is 1. The molecule has 0 fully saturated rings. The second-order valence-electron chi connectivity index (χ2n) is 10.5. The Bertz CT molecular complexity index is 547. The Morgan fingerprint density at radius 2 is 1.06 bits per heavy atom. The molecule has 214 valence electrons. The fourth-order valence-electron chi connectivity index (χ4n) is 4.43. The van der Waals surface area contributed by atoms with Crippen LogP contribution in [0.3, 0.4) is 0 Å². The molecule has 0 radical (unpaired) electrons. The Labute approximate surface area is 229 Å². The maximum Gasteiger partial charge on any atom is 0.305 e. The van der Waals surface area contributed by atoms with Gasteiger partial charge in [0.05, 0.1) is 6.61 Å². The van der Waals surface area contributed by atoms with Crippen LogP contribution in [-0.2, 0) is 21.3 Å². The van der Waals surface area contributed by atoms with Crippen LogP contribution in [0.5, 0.6) is 0 Å². The number of esters is 1. The number of carbonyl (C=O) groups is 1. The molecule has 0 amide bonds. The predicted molar refractivity (Wildman–Crippen MR) is 160 cm³/mol. The van der Waals surface area contributed by atoms with E-state index in [4.69, 9.17) is 4.74 Å². The molecule has 0 aliphatic carbocycles. The van der Waals surface area contributed by atoms with Gasteiger partial charge in [0, 0.05) is 12.6 Å². The van der Waals surface area contributed by atoms with E-state index < -0.39 is 6.49 Å². The molecule has 6 heteroatoms. The first-order chi connectivity index (χ1) is 17.5. The number of hydrogen-bond donors (Lipinski definition) is 2. The van der Waals surface area contributed by atoms with Crippen LogP contribution in [0, 0.1) is 0 Å². The van der Waals surface area contributed by atoms with E-state index in [2.05, 4.69) is 30.9 Å². The number of ether oxygens (including phenoxy) is 1. The SMILES string of the molecule is CCCCCCCC/C=C\CCCCCCCC(=O)OCCCCCCCCCCCCP(O)(O)=S. The lowest BCUT2D eigenvalue weighted by Gasteiger charge is -2.07. The quantitative estimate of drug-likeness (QED) is 0.0442. The molecular formula is C30H59O4PS. The third-order valence-corrected chi connectivity index (χ3v) is 8.20. The third kappa shape index (κ3) is 31.8. The molecule has 0 aliphatic heterocycles. The summed E-state index contributed by atoms with van der Waals surface area (Å²) in [6.07, 6.45) is 33.6. The summed E-state index contributed by atoms with van der Waals surface area (Å²) in [4.78, 5) is 30.2. The maximum atomic E-state index is 11.9. The van der Waals surface area contributed by atoms with Crippen molar-refractivity contribution in [3.05, 3.63) is 12.2 Å². The van der Waals surface area contributed by atoms with Crippen molar-refractivity contribution in [2.24, 2.45) is 0 Å². The molecule has 0 saturated heterocycles. The van der Waals surface area contributed by atoms with Crippen molar-refractivity contribution in [1.29, 1.82) is 0 Å². The first kappa shape index (κ1) is 35.8. The molecule has 0 rings (SSSR count). The highest BCUT2D eigenvalue weighted by molar-refractivity contribution is 8.09. The zero-order chi connectivity index (χ0) is 26.6. The smallest absolute Gasteiger partial charge is 0.305 e. The largest absolute Gasteiger partial charge is 0.466 e. The van der Waals surface area contributed by atoms with Gasteiger partial charge in [-0.2, -0.15) is 0 Å². The zero-order valence-electron chi connectivity index (χ0n) is 23.6. The number of hydrogen-bond acceptors (Lipinski definition) is 3. The molecule has 0 spiro atoms. The lowest BCUT2D eigenvalue weighted by Crippen LogP contribution is -2.05. The van der Waals surface area contributed by atoms with E-state index in [0.29, 0.717) is 19.2 Å². The summed E-state index contributed by atoms with van der Waals surface area (Å²) in [6.45, 7) is -0.127. The van der Waals surface area contributed by atoms with Gasteiger partial charge in [0.15, 0.2) is 6.49 Å². The van der Waals surface area contributed by atoms with E-state index in [9.17, 15) is 14.6 Å². The molecule has 0 aromatic rings. The van der Waals surface area contributed by atoms with E-state index in [1.807, 2.05) is 0 Å². The number of allylic oxidation sites excluding steroid dienone is 2. The summed E-state index contributed by atoms with van der Waals surface area (Å²) < 4.78 is 5.38. The van der Waals surface area contributed by atoms with Crippen molar-refractivity contribution in [1.82, 2.24) is 0 Å². The van der Waals surface area contributed by atoms with Crippen LogP contribution in [0.15, 0.2) is 12.2 Å². The van der Waals surface area contributed by atoms with Gasteiger partial charge < -0.3 is 14.5 Å². The molecule has 0 aromatic carbocycles. The van der Waals surface area contributed by atoms with Crippen molar-refractivity contribution in [3.63, 3.8) is 0 Å². The second kappa shape index (κ2) is 27.8. The monoisotopic (exact) mass is 546 g/mol. The molecule has 2 N–H and O–H groups in total. The number of rotatable bonds is 28. The van der Waals surface area contributed by atoms with Gasteiger partial charge in [0.25, 0.3) is 0 Å². The minimum Gasteiger partial charge on any atom is -0.466 e. The van der Waals surface area contributed by atoms with E-state index in [0.717, 1.165) is 44.9 Å². The van der Waals surface area contributed by atoms with Crippen molar-refractivity contribution >= 4 is 24.3 Å². The fourth-order valence-corrected chi connectivity index (χ4v) is 5.46. The fraction of sp³-hybridized carbons (Fsp3) is 0.900. The molecular weight excluding hydrogens is 487 g/mol. The standard InChI is InChI=1S/C30H59O4PS/c1-2-3-4-5-6-7-8-9-10-11-12-15-18-21-24-27-30(31)34-28-25-22-19-16-13-14-17-20-23-26-29-35(32,33)36/h9-10H,2-8,11-29H2,1H3,(H2,32,33,36)/b10-9-. The van der Waals surface area contributed by atoms with Crippen LogP contribution in [0.2, 0.25) is 0 Å². The van der Waals surface area contributed by atoms with Crippen LogP contribution in [0.1, 0.15) is 161 Å². The van der Waals surface area contributed by atoms with Gasteiger partial charge in [0.2, 0.25) is 0 Å². The summed E-state index contributed by atoms with van der Waals surface area (Å²) in [5, 5.41) is 0. The van der Waals surface area contributed by atoms with Crippen molar-refractivity contribution in [2.45, 2.75) is 161 Å². The zero-order valence-corrected chi connectivity index (χ0v) is 25.3. The van der Waals surface area contributed by atoms with Crippen LogP contribution in [0.25, 0.3) is 0 Å². The van der Waals surface area contributed by atoms with Gasteiger partial charge in [-0.3, -0.25) is 4.79 Å². The predicted octanol–water partition coefficient (Wildman–Crippen LogP) is 9.76. The summed E-state index contributed by atoms with van der Waals surface area (Å²) in [5.74, 6) is -0.0227. The second-order valence-corrected chi connectivity index (χ2v) is 14.0. The minimum atomic E-state index is -2.97. The van der Waals surface area contributed by atoms with Gasteiger partial charge in [-0.25, -0.2) is 0 Å². The van der Waals surface area contributed by atoms with Gasteiger partial charge in [-0.1, -0.05) is 122 Å². The lowest BCUT2D eigenvalue weighted by molar-refractivity contribution is -0.143. The Morgan fingerprint density at radius 3 is 1.56 bits per heavy atom. The van der Waals surface area contributed by atoms with Gasteiger partial charge in [-0.15, -0.1) is 0 Å². The Kier molecular flexibility index (Phi) is 27.6. The number of unbranched alkanes of at least 4 members (excludes halogenated alkanes) is 20. The first-order valence-corrected chi connectivity index (χ1v) is 18.2. The molecule has 0 unspecified atom stereocenters. The molecule has 0 bridgehead atoms. The highest BCUT2D eigenvalue weighted by Crippen LogP contribution is 2.36. The van der Waals surface area contributed by atoms with Gasteiger partial charge in [0.1, 0.15) is 0 Å². The maximum absolute atomic E-state index is 11.9. The molecule has 0 aliphatic rings. The molecule has 36 heavy (non-hydrogen) atoms. The average Bonchev–Trinajstić information content (AvgIpc) is 2.83. The first-order valence-electron chi connectivity index (χ1n) is 15.3. The molecule has 0 atom stereocenters. The van der Waals surface area contributed by atoms with Crippen LogP contribution in [-0.4, -0.2) is 28.5 Å². The van der Waals surface area contributed by atoms with E-state index in [-0.39, 0.29) is 5.97 Å². The lowest BCUT2D eigenvalue weighted by atomic mass is 10.1. The summed E-state index contributed by atoms with van der Waals surface area (Å²) >= 11 is 4.63. The summed E-state index contributed by atoms with van der Waals surface area (Å²) in [6, 6.07) is 0.